The lowest BCUT2D eigenvalue weighted by Gasteiger charge is -2.11. The van der Waals surface area contributed by atoms with Gasteiger partial charge in [-0.05, 0) is 49.7 Å². The van der Waals surface area contributed by atoms with Gasteiger partial charge in [0.1, 0.15) is 5.75 Å². The van der Waals surface area contributed by atoms with Crippen molar-refractivity contribution in [2.24, 2.45) is 0 Å². The molecule has 0 unspecified atom stereocenters. The van der Waals surface area contributed by atoms with E-state index in [1.807, 2.05) is 6.92 Å². The van der Waals surface area contributed by atoms with Gasteiger partial charge in [-0.1, -0.05) is 17.7 Å². The molecule has 1 N–H and O–H groups in total. The second kappa shape index (κ2) is 7.23. The molecule has 2 aromatic carbocycles. The maximum absolute atomic E-state index is 12.5. The second-order valence-corrected chi connectivity index (χ2v) is 7.70. The van der Waals surface area contributed by atoms with Crippen LogP contribution in [0.25, 0.3) is 0 Å². The first-order valence-corrected chi connectivity index (χ1v) is 9.53. The summed E-state index contributed by atoms with van der Waals surface area (Å²) in [5.74, 6) is 0.130. The molecule has 0 aliphatic heterocycles. The maximum Gasteiger partial charge on any atom is 0.255 e. The third-order valence-electron chi connectivity index (χ3n) is 3.37. The molecule has 2 aromatic rings. The summed E-state index contributed by atoms with van der Waals surface area (Å²) in [7, 11) is -3.38. The highest BCUT2D eigenvalue weighted by atomic mass is 35.5. The highest BCUT2D eigenvalue weighted by Gasteiger charge is 2.15. The van der Waals surface area contributed by atoms with Gasteiger partial charge in [0.05, 0.1) is 16.5 Å². The smallest absolute Gasteiger partial charge is 0.255 e. The molecule has 0 spiro atoms. The maximum atomic E-state index is 12.5. The molecule has 0 heterocycles. The van der Waals surface area contributed by atoms with Crippen molar-refractivity contribution in [1.29, 1.82) is 0 Å². The number of sulfone groups is 1. The summed E-state index contributed by atoms with van der Waals surface area (Å²) in [5.41, 5.74) is 1.47. The van der Waals surface area contributed by atoms with Gasteiger partial charge in [-0.15, -0.1) is 0 Å². The van der Waals surface area contributed by atoms with Crippen molar-refractivity contribution in [3.05, 3.63) is 52.5 Å². The molecule has 5 nitrogen and oxygen atoms in total. The largest absolute Gasteiger partial charge is 0.492 e. The number of hydrogen-bond acceptors (Lipinski definition) is 4. The Morgan fingerprint density at radius 2 is 1.92 bits per heavy atom. The molecule has 0 atom stereocenters. The van der Waals surface area contributed by atoms with E-state index in [0.717, 1.165) is 6.26 Å². The molecular formula is C17H18ClNO4S. The Kier molecular flexibility index (Phi) is 5.51. The number of benzene rings is 2. The quantitative estimate of drug-likeness (QED) is 0.874. The van der Waals surface area contributed by atoms with E-state index in [1.54, 1.807) is 31.2 Å². The minimum atomic E-state index is -3.38. The first kappa shape index (κ1) is 18.3. The van der Waals surface area contributed by atoms with Gasteiger partial charge in [-0.2, -0.15) is 0 Å². The van der Waals surface area contributed by atoms with Gasteiger partial charge in [0.2, 0.25) is 0 Å². The van der Waals surface area contributed by atoms with E-state index in [4.69, 9.17) is 16.3 Å². The van der Waals surface area contributed by atoms with Gasteiger partial charge in [0, 0.05) is 17.5 Å². The topological polar surface area (TPSA) is 72.5 Å². The minimum Gasteiger partial charge on any atom is -0.492 e. The molecular weight excluding hydrogens is 350 g/mol. The number of anilines is 1. The molecule has 0 saturated heterocycles. The summed E-state index contributed by atoms with van der Waals surface area (Å²) < 4.78 is 28.7. The van der Waals surface area contributed by atoms with Crippen LogP contribution in [0, 0.1) is 6.92 Å². The van der Waals surface area contributed by atoms with E-state index < -0.39 is 15.7 Å². The van der Waals surface area contributed by atoms with Gasteiger partial charge >= 0.3 is 0 Å². The predicted molar refractivity (Wildman–Crippen MR) is 94.9 cm³/mol. The number of ether oxygens (including phenoxy) is 1. The normalized spacial score (nSPS) is 11.2. The Hall–Kier alpha value is -2.05. The standard InChI is InChI=1S/C17H18ClNO4S/c1-4-23-16-8-6-12(9-15(16)18)19-17(20)14-10-13(24(3,21)22)7-5-11(14)2/h5-10H,4H2,1-3H3,(H,19,20). The number of amides is 1. The fourth-order valence-electron chi connectivity index (χ4n) is 2.13. The fourth-order valence-corrected chi connectivity index (χ4v) is 3.01. The van der Waals surface area contributed by atoms with Gasteiger partial charge in [0.15, 0.2) is 9.84 Å². The summed E-state index contributed by atoms with van der Waals surface area (Å²) in [4.78, 5) is 12.6. The van der Waals surface area contributed by atoms with Gasteiger partial charge in [0.25, 0.3) is 5.91 Å². The zero-order valence-electron chi connectivity index (χ0n) is 13.6. The van der Waals surface area contributed by atoms with Gasteiger partial charge in [-0.25, -0.2) is 8.42 Å². The predicted octanol–water partition coefficient (Wildman–Crippen LogP) is 3.70. The number of nitrogens with one attached hydrogen (secondary N) is 1. The van der Waals surface area contributed by atoms with Crippen LogP contribution in [0.2, 0.25) is 5.02 Å². The number of aryl methyl sites for hydroxylation is 1. The fraction of sp³-hybridized carbons (Fsp3) is 0.235. The molecule has 0 aromatic heterocycles. The van der Waals surface area contributed by atoms with Crippen molar-refractivity contribution in [2.75, 3.05) is 18.2 Å². The molecule has 2 rings (SSSR count). The molecule has 24 heavy (non-hydrogen) atoms. The Labute approximate surface area is 146 Å². The van der Waals surface area contributed by atoms with E-state index in [2.05, 4.69) is 5.32 Å². The first-order chi connectivity index (χ1) is 11.2. The third kappa shape index (κ3) is 4.27. The number of carbonyl (C=O) groups excluding carboxylic acids is 1. The molecule has 0 aliphatic carbocycles. The number of halogens is 1. The molecule has 0 saturated carbocycles. The number of rotatable bonds is 5. The van der Waals surface area contributed by atoms with Crippen molar-refractivity contribution in [1.82, 2.24) is 0 Å². The molecule has 0 fully saturated rings. The van der Waals surface area contributed by atoms with Crippen molar-refractivity contribution < 1.29 is 17.9 Å². The zero-order valence-corrected chi connectivity index (χ0v) is 15.2. The van der Waals surface area contributed by atoms with Crippen LogP contribution in [0.1, 0.15) is 22.8 Å². The Morgan fingerprint density at radius 3 is 2.50 bits per heavy atom. The van der Waals surface area contributed by atoms with E-state index >= 15 is 0 Å². The van der Waals surface area contributed by atoms with Crippen molar-refractivity contribution in [3.63, 3.8) is 0 Å². The zero-order chi connectivity index (χ0) is 17.9. The van der Waals surface area contributed by atoms with Crippen LogP contribution in [0.15, 0.2) is 41.3 Å². The molecule has 0 radical (unpaired) electrons. The highest BCUT2D eigenvalue weighted by molar-refractivity contribution is 7.90. The first-order valence-electron chi connectivity index (χ1n) is 7.26. The molecule has 0 aliphatic rings. The van der Waals surface area contributed by atoms with Crippen LogP contribution in [0.5, 0.6) is 5.75 Å². The Balaban J connectivity index is 2.29. The molecule has 128 valence electrons. The summed E-state index contributed by atoms with van der Waals surface area (Å²) in [5, 5.41) is 3.10. The van der Waals surface area contributed by atoms with Crippen LogP contribution in [0.3, 0.4) is 0 Å². The van der Waals surface area contributed by atoms with Crippen LogP contribution in [0.4, 0.5) is 5.69 Å². The van der Waals surface area contributed by atoms with Gasteiger partial charge < -0.3 is 10.1 Å². The van der Waals surface area contributed by atoms with E-state index in [1.165, 1.54) is 12.1 Å². The summed E-state index contributed by atoms with van der Waals surface area (Å²) in [6, 6.07) is 9.38. The van der Waals surface area contributed by atoms with Crippen LogP contribution >= 0.6 is 11.6 Å². The van der Waals surface area contributed by atoms with Crippen molar-refractivity contribution >= 4 is 33.0 Å². The van der Waals surface area contributed by atoms with Crippen LogP contribution < -0.4 is 10.1 Å². The van der Waals surface area contributed by atoms with Crippen molar-refractivity contribution in [2.45, 2.75) is 18.7 Å². The molecule has 0 bridgehead atoms. The van der Waals surface area contributed by atoms with Crippen molar-refractivity contribution in [3.8, 4) is 5.75 Å². The average molecular weight is 368 g/mol. The van der Waals surface area contributed by atoms with Crippen LogP contribution in [-0.4, -0.2) is 27.2 Å². The van der Waals surface area contributed by atoms with E-state index in [-0.39, 0.29) is 4.90 Å². The number of hydrogen-bond donors (Lipinski definition) is 1. The lowest BCUT2D eigenvalue weighted by molar-refractivity contribution is 0.102. The minimum absolute atomic E-state index is 0.1000. The lowest BCUT2D eigenvalue weighted by Crippen LogP contribution is -2.14. The second-order valence-electron chi connectivity index (χ2n) is 5.28. The van der Waals surface area contributed by atoms with Gasteiger partial charge in [-0.3, -0.25) is 4.79 Å². The van der Waals surface area contributed by atoms with Crippen LogP contribution in [-0.2, 0) is 9.84 Å². The summed E-state index contributed by atoms with van der Waals surface area (Å²) in [6.07, 6.45) is 1.10. The lowest BCUT2D eigenvalue weighted by atomic mass is 10.1. The number of carbonyl (C=O) groups is 1. The van der Waals surface area contributed by atoms with E-state index in [9.17, 15) is 13.2 Å². The van der Waals surface area contributed by atoms with E-state index in [0.29, 0.717) is 34.2 Å². The summed E-state index contributed by atoms with van der Waals surface area (Å²) >= 11 is 6.10. The highest BCUT2D eigenvalue weighted by Crippen LogP contribution is 2.28. The monoisotopic (exact) mass is 367 g/mol. The SMILES string of the molecule is CCOc1ccc(NC(=O)c2cc(S(C)(=O)=O)ccc2C)cc1Cl. The Bertz CT molecular complexity index is 878. The molecule has 1 amide bonds. The average Bonchev–Trinajstić information content (AvgIpc) is 2.49. The summed E-state index contributed by atoms with van der Waals surface area (Å²) in [6.45, 7) is 4.08. The Morgan fingerprint density at radius 1 is 1.21 bits per heavy atom. The molecule has 7 heteroatoms. The third-order valence-corrected chi connectivity index (χ3v) is 4.78.